The van der Waals surface area contributed by atoms with Crippen molar-refractivity contribution in [3.05, 3.63) is 59.3 Å². The molecule has 1 amide bonds. The van der Waals surface area contributed by atoms with Crippen LogP contribution in [0.1, 0.15) is 21.6 Å². The first-order valence-corrected chi connectivity index (χ1v) is 7.10. The number of nitrogens with two attached hydrogens (primary N) is 1. The van der Waals surface area contributed by atoms with Crippen LogP contribution in [0.3, 0.4) is 0 Å². The van der Waals surface area contributed by atoms with E-state index in [2.05, 4.69) is 22.3 Å². The Morgan fingerprint density at radius 1 is 1.00 bits per heavy atom. The van der Waals surface area contributed by atoms with E-state index in [1.807, 2.05) is 37.3 Å². The monoisotopic (exact) mass is 308 g/mol. The van der Waals surface area contributed by atoms with E-state index >= 15 is 0 Å². The van der Waals surface area contributed by atoms with Crippen LogP contribution in [0.4, 0.5) is 0 Å². The molecule has 6 heteroatoms. The van der Waals surface area contributed by atoms with Crippen molar-refractivity contribution in [1.82, 2.24) is 15.4 Å². The lowest BCUT2D eigenvalue weighted by Gasteiger charge is -2.08. The number of primary amides is 1. The summed E-state index contributed by atoms with van der Waals surface area (Å²) in [6, 6.07) is 13.2. The first kappa shape index (κ1) is 14.8. The Balaban J connectivity index is 1.83. The van der Waals surface area contributed by atoms with E-state index in [1.165, 1.54) is 11.1 Å². The number of rotatable bonds is 4. The fourth-order valence-corrected chi connectivity index (χ4v) is 2.20. The summed E-state index contributed by atoms with van der Waals surface area (Å²) in [5.74, 6) is 0.852. The lowest BCUT2D eigenvalue weighted by Crippen LogP contribution is -2.12. The van der Waals surface area contributed by atoms with Gasteiger partial charge in [0.2, 0.25) is 0 Å². The van der Waals surface area contributed by atoms with Crippen LogP contribution in [0.15, 0.2) is 42.5 Å². The molecule has 0 unspecified atom stereocenters. The zero-order valence-corrected chi connectivity index (χ0v) is 12.8. The number of hydrogen-bond donors (Lipinski definition) is 2. The molecule has 3 rings (SSSR count). The molecule has 0 atom stereocenters. The molecule has 0 fully saturated rings. The molecule has 0 saturated heterocycles. The van der Waals surface area contributed by atoms with Crippen molar-refractivity contribution < 1.29 is 9.53 Å². The van der Waals surface area contributed by atoms with Gasteiger partial charge in [-0.25, -0.2) is 0 Å². The van der Waals surface area contributed by atoms with E-state index in [0.717, 1.165) is 11.3 Å². The molecule has 6 nitrogen and oxygen atoms in total. The van der Waals surface area contributed by atoms with Crippen molar-refractivity contribution in [2.75, 3.05) is 0 Å². The Labute approximate surface area is 133 Å². The highest BCUT2D eigenvalue weighted by atomic mass is 16.5. The predicted molar refractivity (Wildman–Crippen MR) is 86.3 cm³/mol. The average molecular weight is 308 g/mol. The predicted octanol–water partition coefficient (Wildman–Crippen LogP) is 2.98. The van der Waals surface area contributed by atoms with Crippen molar-refractivity contribution >= 4 is 5.91 Å². The number of H-pyrrole nitrogens is 1. The minimum Gasteiger partial charge on any atom is -0.457 e. The number of hydrogen-bond acceptors (Lipinski definition) is 4. The molecule has 1 aromatic heterocycles. The van der Waals surface area contributed by atoms with Crippen LogP contribution in [-0.4, -0.2) is 21.3 Å². The van der Waals surface area contributed by atoms with Crippen molar-refractivity contribution in [2.45, 2.75) is 13.8 Å². The molecule has 0 aliphatic rings. The molecule has 0 aliphatic carbocycles. The maximum absolute atomic E-state index is 11.3. The number of nitrogens with zero attached hydrogens (tertiary/aromatic N) is 2. The van der Waals surface area contributed by atoms with Gasteiger partial charge in [0.15, 0.2) is 5.69 Å². The van der Waals surface area contributed by atoms with Crippen molar-refractivity contribution in [2.24, 2.45) is 5.73 Å². The quantitative estimate of drug-likeness (QED) is 0.774. The van der Waals surface area contributed by atoms with Crippen LogP contribution >= 0.6 is 0 Å². The number of aryl methyl sites for hydroxylation is 2. The summed E-state index contributed by atoms with van der Waals surface area (Å²) in [5, 5.41) is 10.1. The van der Waals surface area contributed by atoms with Crippen molar-refractivity contribution in [3.63, 3.8) is 0 Å². The fraction of sp³-hybridized carbons (Fsp3) is 0.118. The van der Waals surface area contributed by atoms with Gasteiger partial charge < -0.3 is 10.5 Å². The topological polar surface area (TPSA) is 93.9 Å². The number of carbonyl (C=O) groups excluding carboxylic acids is 1. The highest BCUT2D eigenvalue weighted by Gasteiger charge is 2.15. The summed E-state index contributed by atoms with van der Waals surface area (Å²) in [4.78, 5) is 11.3. The molecule has 0 radical (unpaired) electrons. The van der Waals surface area contributed by atoms with E-state index in [-0.39, 0.29) is 5.69 Å². The van der Waals surface area contributed by atoms with E-state index in [0.29, 0.717) is 11.4 Å². The zero-order valence-electron chi connectivity index (χ0n) is 12.8. The molecule has 0 spiro atoms. The lowest BCUT2D eigenvalue weighted by molar-refractivity contribution is 0.0996. The first-order valence-electron chi connectivity index (χ1n) is 7.10. The molecular formula is C17H16N4O2. The first-order chi connectivity index (χ1) is 11.0. The summed E-state index contributed by atoms with van der Waals surface area (Å²) < 4.78 is 5.83. The molecular weight excluding hydrogens is 292 g/mol. The van der Waals surface area contributed by atoms with Gasteiger partial charge >= 0.3 is 0 Å². The maximum Gasteiger partial charge on any atom is 0.271 e. The largest absolute Gasteiger partial charge is 0.457 e. The molecule has 23 heavy (non-hydrogen) atoms. The van der Waals surface area contributed by atoms with Gasteiger partial charge in [-0.15, -0.1) is 0 Å². The SMILES string of the molecule is Cc1ccc(Oc2ccc(-c3n[nH]nc3C(N)=O)cc2)cc1C. The van der Waals surface area contributed by atoms with Gasteiger partial charge in [0.1, 0.15) is 17.2 Å². The summed E-state index contributed by atoms with van der Waals surface area (Å²) in [6.45, 7) is 4.10. The summed E-state index contributed by atoms with van der Waals surface area (Å²) in [6.07, 6.45) is 0. The highest BCUT2D eigenvalue weighted by Crippen LogP contribution is 2.27. The number of aromatic amines is 1. The molecule has 116 valence electrons. The average Bonchev–Trinajstić information content (AvgIpc) is 3.01. The van der Waals surface area contributed by atoms with E-state index < -0.39 is 5.91 Å². The van der Waals surface area contributed by atoms with Crippen LogP contribution < -0.4 is 10.5 Å². The smallest absolute Gasteiger partial charge is 0.271 e. The van der Waals surface area contributed by atoms with Crippen LogP contribution in [0.2, 0.25) is 0 Å². The van der Waals surface area contributed by atoms with Crippen LogP contribution in [0, 0.1) is 13.8 Å². The van der Waals surface area contributed by atoms with Crippen molar-refractivity contribution in [1.29, 1.82) is 0 Å². The normalized spacial score (nSPS) is 10.5. The zero-order chi connectivity index (χ0) is 16.4. The second kappa shape index (κ2) is 5.92. The molecule has 3 N–H and O–H groups in total. The van der Waals surface area contributed by atoms with Gasteiger partial charge in [0.05, 0.1) is 0 Å². The standard InChI is InChI=1S/C17H16N4O2/c1-10-3-6-14(9-11(10)2)23-13-7-4-12(5-8-13)15-16(17(18)22)20-21-19-15/h3-9H,1-2H3,(H2,18,22)(H,19,20,21). The van der Waals surface area contributed by atoms with Gasteiger partial charge in [-0.1, -0.05) is 6.07 Å². The van der Waals surface area contributed by atoms with Gasteiger partial charge in [-0.3, -0.25) is 4.79 Å². The molecule has 0 bridgehead atoms. The Hall–Kier alpha value is -3.15. The van der Waals surface area contributed by atoms with Gasteiger partial charge in [-0.2, -0.15) is 15.4 Å². The summed E-state index contributed by atoms with van der Waals surface area (Å²) in [7, 11) is 0. The number of ether oxygens (including phenoxy) is 1. The number of carbonyl (C=O) groups is 1. The maximum atomic E-state index is 11.3. The second-order valence-electron chi connectivity index (χ2n) is 5.26. The molecule has 1 heterocycles. The third-order valence-electron chi connectivity index (χ3n) is 3.62. The van der Waals surface area contributed by atoms with Crippen molar-refractivity contribution in [3.8, 4) is 22.8 Å². The van der Waals surface area contributed by atoms with Crippen LogP contribution in [0.5, 0.6) is 11.5 Å². The van der Waals surface area contributed by atoms with Gasteiger partial charge in [-0.05, 0) is 61.4 Å². The summed E-state index contributed by atoms with van der Waals surface area (Å²) in [5.41, 5.74) is 8.94. The minimum absolute atomic E-state index is 0.118. The van der Waals surface area contributed by atoms with Crippen LogP contribution in [-0.2, 0) is 0 Å². The minimum atomic E-state index is -0.621. The molecule has 0 saturated carbocycles. The van der Waals surface area contributed by atoms with E-state index in [1.54, 1.807) is 12.1 Å². The molecule has 2 aromatic carbocycles. The Kier molecular flexibility index (Phi) is 3.80. The molecule has 0 aliphatic heterocycles. The van der Waals surface area contributed by atoms with Crippen LogP contribution in [0.25, 0.3) is 11.3 Å². The highest BCUT2D eigenvalue weighted by molar-refractivity contribution is 5.96. The number of nitrogens with one attached hydrogen (secondary N) is 1. The van der Waals surface area contributed by atoms with Gasteiger partial charge in [0, 0.05) is 5.56 Å². The Bertz CT molecular complexity index is 853. The fourth-order valence-electron chi connectivity index (χ4n) is 2.20. The summed E-state index contributed by atoms with van der Waals surface area (Å²) >= 11 is 0. The number of benzene rings is 2. The Morgan fingerprint density at radius 3 is 2.35 bits per heavy atom. The van der Waals surface area contributed by atoms with Gasteiger partial charge in [0.25, 0.3) is 5.91 Å². The lowest BCUT2D eigenvalue weighted by atomic mass is 10.1. The number of amides is 1. The third-order valence-corrected chi connectivity index (χ3v) is 3.62. The second-order valence-corrected chi connectivity index (χ2v) is 5.26. The third kappa shape index (κ3) is 3.06. The molecule has 3 aromatic rings. The Morgan fingerprint density at radius 2 is 1.70 bits per heavy atom. The van der Waals surface area contributed by atoms with E-state index in [4.69, 9.17) is 10.5 Å². The number of aromatic nitrogens is 3. The van der Waals surface area contributed by atoms with E-state index in [9.17, 15) is 4.79 Å².